The number of halogens is 2. The van der Waals surface area contributed by atoms with Gasteiger partial charge in [-0.2, -0.15) is 0 Å². The number of hydrogen-bond donors (Lipinski definition) is 2. The second-order valence-corrected chi connectivity index (χ2v) is 6.74. The lowest BCUT2D eigenvalue weighted by Gasteiger charge is -2.20. The van der Waals surface area contributed by atoms with Gasteiger partial charge in [0.2, 0.25) is 0 Å². The Morgan fingerprint density at radius 3 is 2.62 bits per heavy atom. The van der Waals surface area contributed by atoms with E-state index in [2.05, 4.69) is 5.32 Å². The van der Waals surface area contributed by atoms with Crippen molar-refractivity contribution < 1.29 is 14.7 Å². The summed E-state index contributed by atoms with van der Waals surface area (Å²) in [7, 11) is 0. The summed E-state index contributed by atoms with van der Waals surface area (Å²) in [5.74, 6) is -1.10. The summed E-state index contributed by atoms with van der Waals surface area (Å²) in [6, 6.07) is 12.5. The highest BCUT2D eigenvalue weighted by Crippen LogP contribution is 2.44. The van der Waals surface area contributed by atoms with Gasteiger partial charge in [0, 0.05) is 10.6 Å². The molecule has 0 aliphatic carbocycles. The molecule has 2 aromatic rings. The monoisotopic (exact) mass is 387 g/mol. The van der Waals surface area contributed by atoms with E-state index in [0.717, 1.165) is 5.56 Å². The molecule has 1 aliphatic heterocycles. The van der Waals surface area contributed by atoms with Gasteiger partial charge >= 0.3 is 0 Å². The van der Waals surface area contributed by atoms with Crippen LogP contribution in [0.2, 0.25) is 10.0 Å². The van der Waals surface area contributed by atoms with Crippen molar-refractivity contribution in [3.8, 4) is 0 Å². The highest BCUT2D eigenvalue weighted by atomic mass is 35.5. The predicted molar refractivity (Wildman–Crippen MR) is 103 cm³/mol. The largest absolute Gasteiger partial charge is 0.375 e. The summed E-state index contributed by atoms with van der Waals surface area (Å²) < 4.78 is 0. The number of benzene rings is 2. The average Bonchev–Trinajstić information content (AvgIpc) is 2.82. The zero-order valence-corrected chi connectivity index (χ0v) is 15.1. The first-order valence-corrected chi connectivity index (χ1v) is 8.62. The summed E-state index contributed by atoms with van der Waals surface area (Å²) in [6.07, 6.45) is 6.02. The number of allylic oxidation sites excluding steroid dienone is 3. The number of rotatable bonds is 5. The SMILES string of the molecule is O=C(/C=C/C=C/c1ccccc1)CC1(O)C(=O)Nc2cc(Cl)cc(Cl)c21. The number of aliphatic hydroxyl groups is 1. The third kappa shape index (κ3) is 3.73. The van der Waals surface area contributed by atoms with Gasteiger partial charge in [0.15, 0.2) is 11.4 Å². The number of hydrogen-bond acceptors (Lipinski definition) is 3. The maximum absolute atomic E-state index is 12.2. The summed E-state index contributed by atoms with van der Waals surface area (Å²) in [4.78, 5) is 24.4. The molecule has 132 valence electrons. The Kier molecular flexibility index (Phi) is 5.28. The number of carbonyl (C=O) groups is 2. The number of nitrogens with one attached hydrogen (secondary N) is 1. The van der Waals surface area contributed by atoms with Crippen LogP contribution in [0.5, 0.6) is 0 Å². The minimum absolute atomic E-state index is 0.133. The molecule has 2 N–H and O–H groups in total. The maximum Gasteiger partial charge on any atom is 0.261 e. The number of anilines is 1. The molecule has 0 fully saturated rings. The zero-order chi connectivity index (χ0) is 18.7. The molecule has 0 radical (unpaired) electrons. The van der Waals surface area contributed by atoms with Gasteiger partial charge < -0.3 is 10.4 Å². The molecule has 0 saturated carbocycles. The molecule has 1 heterocycles. The Morgan fingerprint density at radius 1 is 1.15 bits per heavy atom. The standard InChI is InChI=1S/C20H15Cl2NO3/c21-14-10-16(22)18-17(11-14)23-19(25)20(18,26)12-15(24)9-5-4-8-13-6-2-1-3-7-13/h1-11,26H,12H2,(H,23,25)/b8-4+,9-5+. The Hall–Kier alpha value is -2.40. The Labute approximate surface area is 160 Å². The maximum atomic E-state index is 12.2. The second-order valence-electron chi connectivity index (χ2n) is 5.90. The lowest BCUT2D eigenvalue weighted by Crippen LogP contribution is -2.36. The van der Waals surface area contributed by atoms with Crippen LogP contribution in [0.25, 0.3) is 6.08 Å². The van der Waals surface area contributed by atoms with Crippen LogP contribution in [0.1, 0.15) is 17.5 Å². The predicted octanol–water partition coefficient (Wildman–Crippen LogP) is 4.36. The van der Waals surface area contributed by atoms with Crippen molar-refractivity contribution in [3.63, 3.8) is 0 Å². The summed E-state index contributed by atoms with van der Waals surface area (Å²) in [5, 5.41) is 13.8. The van der Waals surface area contributed by atoms with Crippen molar-refractivity contribution in [1.82, 2.24) is 0 Å². The molecule has 1 atom stereocenters. The van der Waals surface area contributed by atoms with Gasteiger partial charge in [-0.3, -0.25) is 9.59 Å². The van der Waals surface area contributed by atoms with Crippen molar-refractivity contribution >= 4 is 46.7 Å². The first-order chi connectivity index (χ1) is 12.4. The number of amides is 1. The minimum Gasteiger partial charge on any atom is -0.375 e. The molecular formula is C20H15Cl2NO3. The third-order valence-corrected chi connectivity index (χ3v) is 4.52. The second kappa shape index (κ2) is 7.46. The topological polar surface area (TPSA) is 66.4 Å². The van der Waals surface area contributed by atoms with E-state index >= 15 is 0 Å². The van der Waals surface area contributed by atoms with Crippen molar-refractivity contribution in [2.45, 2.75) is 12.0 Å². The summed E-state index contributed by atoms with van der Waals surface area (Å²) in [5.41, 5.74) is -0.524. The van der Waals surface area contributed by atoms with Gasteiger partial charge in [0.05, 0.1) is 17.1 Å². The summed E-state index contributed by atoms with van der Waals surface area (Å²) >= 11 is 12.0. The third-order valence-electron chi connectivity index (χ3n) is 4.00. The van der Waals surface area contributed by atoms with E-state index in [-0.39, 0.29) is 10.6 Å². The molecule has 2 aromatic carbocycles. The zero-order valence-electron chi connectivity index (χ0n) is 13.6. The average molecular weight is 388 g/mol. The molecule has 0 spiro atoms. The van der Waals surface area contributed by atoms with Crippen LogP contribution < -0.4 is 5.32 Å². The molecule has 0 aromatic heterocycles. The summed E-state index contributed by atoms with van der Waals surface area (Å²) in [6.45, 7) is 0. The van der Waals surface area contributed by atoms with Crippen molar-refractivity contribution in [1.29, 1.82) is 0 Å². The van der Waals surface area contributed by atoms with Crippen LogP contribution in [0.3, 0.4) is 0 Å². The van der Waals surface area contributed by atoms with Gasteiger partial charge in [0.1, 0.15) is 0 Å². The number of carbonyl (C=O) groups excluding carboxylic acids is 2. The highest BCUT2D eigenvalue weighted by molar-refractivity contribution is 6.36. The van der Waals surface area contributed by atoms with Crippen LogP contribution >= 0.6 is 23.2 Å². The highest BCUT2D eigenvalue weighted by Gasteiger charge is 2.48. The molecular weight excluding hydrogens is 373 g/mol. The Balaban J connectivity index is 1.74. The normalized spacial score (nSPS) is 19.1. The lowest BCUT2D eigenvalue weighted by atomic mass is 9.89. The molecule has 1 amide bonds. The van der Waals surface area contributed by atoms with E-state index in [1.165, 1.54) is 18.2 Å². The Bertz CT molecular complexity index is 922. The van der Waals surface area contributed by atoms with Crippen LogP contribution in [-0.4, -0.2) is 16.8 Å². The number of fused-ring (bicyclic) bond motifs is 1. The van der Waals surface area contributed by atoms with E-state index in [9.17, 15) is 14.7 Å². The van der Waals surface area contributed by atoms with Gasteiger partial charge in [-0.25, -0.2) is 0 Å². The van der Waals surface area contributed by atoms with E-state index in [1.807, 2.05) is 36.4 Å². The lowest BCUT2D eigenvalue weighted by molar-refractivity contribution is -0.138. The van der Waals surface area contributed by atoms with Gasteiger partial charge in [0.25, 0.3) is 5.91 Å². The number of ketones is 1. The molecule has 6 heteroatoms. The molecule has 1 unspecified atom stereocenters. The molecule has 4 nitrogen and oxygen atoms in total. The fourth-order valence-electron chi connectivity index (χ4n) is 2.81. The van der Waals surface area contributed by atoms with Crippen molar-refractivity contribution in [2.75, 3.05) is 5.32 Å². The van der Waals surface area contributed by atoms with E-state index < -0.39 is 23.7 Å². The van der Waals surface area contributed by atoms with E-state index in [0.29, 0.717) is 10.7 Å². The molecule has 0 saturated heterocycles. The van der Waals surface area contributed by atoms with E-state index in [4.69, 9.17) is 23.2 Å². The van der Waals surface area contributed by atoms with Crippen LogP contribution in [0.4, 0.5) is 5.69 Å². The fraction of sp³-hybridized carbons (Fsp3) is 0.100. The molecule has 26 heavy (non-hydrogen) atoms. The van der Waals surface area contributed by atoms with Gasteiger partial charge in [-0.15, -0.1) is 0 Å². The Morgan fingerprint density at radius 2 is 1.88 bits per heavy atom. The van der Waals surface area contributed by atoms with Crippen LogP contribution in [0, 0.1) is 0 Å². The first-order valence-electron chi connectivity index (χ1n) is 7.86. The van der Waals surface area contributed by atoms with Gasteiger partial charge in [-0.05, 0) is 23.8 Å². The van der Waals surface area contributed by atoms with Crippen molar-refractivity contribution in [2.24, 2.45) is 0 Å². The van der Waals surface area contributed by atoms with Crippen LogP contribution in [-0.2, 0) is 15.2 Å². The van der Waals surface area contributed by atoms with Gasteiger partial charge in [-0.1, -0.05) is 71.8 Å². The molecule has 3 rings (SSSR count). The quantitative estimate of drug-likeness (QED) is 0.591. The molecule has 0 bridgehead atoms. The first kappa shape index (κ1) is 18.4. The van der Waals surface area contributed by atoms with Crippen LogP contribution in [0.15, 0.2) is 60.7 Å². The smallest absolute Gasteiger partial charge is 0.261 e. The molecule has 1 aliphatic rings. The fourth-order valence-corrected chi connectivity index (χ4v) is 3.45. The van der Waals surface area contributed by atoms with E-state index in [1.54, 1.807) is 12.2 Å². The van der Waals surface area contributed by atoms with Crippen molar-refractivity contribution in [3.05, 3.63) is 81.9 Å². The minimum atomic E-state index is -2.01.